The van der Waals surface area contributed by atoms with Crippen LogP contribution in [0.4, 0.5) is 5.69 Å². The van der Waals surface area contributed by atoms with E-state index in [9.17, 15) is 9.59 Å². The Labute approximate surface area is 138 Å². The summed E-state index contributed by atoms with van der Waals surface area (Å²) >= 11 is 0. The molecule has 2 amide bonds. The number of nitrogens with one attached hydrogen (secondary N) is 1. The Morgan fingerprint density at radius 1 is 1.22 bits per heavy atom. The Hall–Kier alpha value is -2.04. The van der Waals surface area contributed by atoms with Gasteiger partial charge >= 0.3 is 0 Å². The fraction of sp³-hybridized carbons (Fsp3) is 0.556. The van der Waals surface area contributed by atoms with Crippen molar-refractivity contribution in [1.82, 2.24) is 4.90 Å². The van der Waals surface area contributed by atoms with E-state index in [-0.39, 0.29) is 11.8 Å². The number of ether oxygens (including phenoxy) is 1. The molecule has 0 saturated heterocycles. The van der Waals surface area contributed by atoms with Crippen LogP contribution in [-0.4, -0.2) is 36.9 Å². The molecule has 0 bridgehead atoms. The molecule has 2 rings (SSSR count). The first-order valence-electron chi connectivity index (χ1n) is 8.33. The highest BCUT2D eigenvalue weighted by Gasteiger charge is 2.57. The van der Waals surface area contributed by atoms with Gasteiger partial charge in [0.1, 0.15) is 11.2 Å². The van der Waals surface area contributed by atoms with Gasteiger partial charge in [0.2, 0.25) is 11.8 Å². The van der Waals surface area contributed by atoms with E-state index in [1.165, 1.54) is 0 Å². The van der Waals surface area contributed by atoms with Gasteiger partial charge in [-0.3, -0.25) is 9.59 Å². The van der Waals surface area contributed by atoms with Gasteiger partial charge in [-0.15, -0.1) is 0 Å². The maximum atomic E-state index is 12.5. The molecule has 1 fully saturated rings. The van der Waals surface area contributed by atoms with Crippen LogP contribution in [0.3, 0.4) is 0 Å². The maximum Gasteiger partial charge on any atom is 0.240 e. The van der Waals surface area contributed by atoms with E-state index in [1.54, 1.807) is 24.1 Å². The zero-order chi connectivity index (χ0) is 16.9. The molecule has 0 atom stereocenters. The molecule has 1 aliphatic rings. The summed E-state index contributed by atoms with van der Waals surface area (Å²) in [7, 11) is 1.78. The lowest BCUT2D eigenvalue weighted by molar-refractivity contribution is -0.141. The SMILES string of the molecule is CCCCN(C)C(=O)C1(C(=O)Nc2ccc(OCC)cc2)CC1. The van der Waals surface area contributed by atoms with Gasteiger partial charge in [0, 0.05) is 19.3 Å². The first kappa shape index (κ1) is 17.3. The van der Waals surface area contributed by atoms with Crippen molar-refractivity contribution >= 4 is 17.5 Å². The standard InChI is InChI=1S/C18H26N2O3/c1-4-6-13-20(3)17(22)18(11-12-18)16(21)19-14-7-9-15(10-8-14)23-5-2/h7-10H,4-6,11-13H2,1-3H3,(H,19,21). The summed E-state index contributed by atoms with van der Waals surface area (Å²) in [5, 5.41) is 2.86. The highest BCUT2D eigenvalue weighted by atomic mass is 16.5. The van der Waals surface area contributed by atoms with Crippen LogP contribution in [0.25, 0.3) is 0 Å². The number of benzene rings is 1. The van der Waals surface area contributed by atoms with Crippen molar-refractivity contribution in [3.05, 3.63) is 24.3 Å². The normalized spacial score (nSPS) is 14.9. The van der Waals surface area contributed by atoms with Crippen molar-refractivity contribution in [2.75, 3.05) is 25.5 Å². The van der Waals surface area contributed by atoms with Crippen LogP contribution in [0.5, 0.6) is 5.75 Å². The Bertz CT molecular complexity index is 550. The number of nitrogens with zero attached hydrogens (tertiary/aromatic N) is 1. The summed E-state index contributed by atoms with van der Waals surface area (Å²) in [6.07, 6.45) is 3.25. The second-order valence-electron chi connectivity index (χ2n) is 6.07. The fourth-order valence-corrected chi connectivity index (χ4v) is 2.58. The van der Waals surface area contributed by atoms with Crippen molar-refractivity contribution < 1.29 is 14.3 Å². The van der Waals surface area contributed by atoms with Crippen LogP contribution in [0.1, 0.15) is 39.5 Å². The molecular weight excluding hydrogens is 292 g/mol. The smallest absolute Gasteiger partial charge is 0.240 e. The highest BCUT2D eigenvalue weighted by molar-refractivity contribution is 6.12. The molecule has 0 unspecified atom stereocenters. The molecule has 23 heavy (non-hydrogen) atoms. The lowest BCUT2D eigenvalue weighted by Crippen LogP contribution is -2.41. The Morgan fingerprint density at radius 3 is 2.39 bits per heavy atom. The number of hydrogen-bond donors (Lipinski definition) is 1. The van der Waals surface area contributed by atoms with Crippen molar-refractivity contribution in [3.8, 4) is 5.75 Å². The minimum absolute atomic E-state index is 0.0608. The zero-order valence-corrected chi connectivity index (χ0v) is 14.2. The molecule has 1 aromatic carbocycles. The van der Waals surface area contributed by atoms with E-state index in [0.29, 0.717) is 31.7 Å². The van der Waals surface area contributed by atoms with Crippen molar-refractivity contribution in [2.24, 2.45) is 5.41 Å². The van der Waals surface area contributed by atoms with Crippen LogP contribution < -0.4 is 10.1 Å². The third kappa shape index (κ3) is 4.03. The topological polar surface area (TPSA) is 58.6 Å². The quantitative estimate of drug-likeness (QED) is 0.749. The molecule has 5 nitrogen and oxygen atoms in total. The number of unbranched alkanes of at least 4 members (excludes halogenated alkanes) is 1. The van der Waals surface area contributed by atoms with Gasteiger partial charge in [-0.25, -0.2) is 0 Å². The molecule has 0 radical (unpaired) electrons. The number of carbonyl (C=O) groups is 2. The van der Waals surface area contributed by atoms with Gasteiger partial charge < -0.3 is 15.0 Å². The molecule has 1 aromatic rings. The number of carbonyl (C=O) groups excluding carboxylic acids is 2. The van der Waals surface area contributed by atoms with E-state index in [0.717, 1.165) is 18.6 Å². The largest absolute Gasteiger partial charge is 0.494 e. The molecule has 0 heterocycles. The van der Waals surface area contributed by atoms with Crippen LogP contribution >= 0.6 is 0 Å². The molecule has 0 spiro atoms. The number of anilines is 1. The van der Waals surface area contributed by atoms with Gasteiger partial charge in [-0.05, 0) is 50.5 Å². The summed E-state index contributed by atoms with van der Waals surface area (Å²) in [6, 6.07) is 7.22. The molecule has 1 aliphatic carbocycles. The highest BCUT2D eigenvalue weighted by Crippen LogP contribution is 2.48. The van der Waals surface area contributed by atoms with Crippen LogP contribution in [0.15, 0.2) is 24.3 Å². The molecule has 0 aromatic heterocycles. The molecule has 0 aliphatic heterocycles. The van der Waals surface area contributed by atoms with Crippen molar-refractivity contribution in [1.29, 1.82) is 0 Å². The minimum Gasteiger partial charge on any atom is -0.494 e. The van der Waals surface area contributed by atoms with Crippen molar-refractivity contribution in [2.45, 2.75) is 39.5 Å². The average Bonchev–Trinajstić information content (AvgIpc) is 3.36. The third-order valence-electron chi connectivity index (χ3n) is 4.21. The van der Waals surface area contributed by atoms with E-state index in [1.807, 2.05) is 19.1 Å². The average molecular weight is 318 g/mol. The van der Waals surface area contributed by atoms with Gasteiger partial charge in [-0.1, -0.05) is 13.3 Å². The lowest BCUT2D eigenvalue weighted by atomic mass is 10.0. The number of hydrogen-bond acceptors (Lipinski definition) is 3. The second kappa shape index (κ2) is 7.49. The number of rotatable bonds is 8. The first-order valence-corrected chi connectivity index (χ1v) is 8.33. The van der Waals surface area contributed by atoms with Crippen LogP contribution in [0, 0.1) is 5.41 Å². The van der Waals surface area contributed by atoms with Crippen molar-refractivity contribution in [3.63, 3.8) is 0 Å². The van der Waals surface area contributed by atoms with E-state index < -0.39 is 5.41 Å². The predicted molar refractivity (Wildman–Crippen MR) is 90.5 cm³/mol. The maximum absolute atomic E-state index is 12.5. The predicted octanol–water partition coefficient (Wildman–Crippen LogP) is 3.06. The second-order valence-corrected chi connectivity index (χ2v) is 6.07. The van der Waals surface area contributed by atoms with Gasteiger partial charge in [0.15, 0.2) is 0 Å². The Morgan fingerprint density at radius 2 is 1.87 bits per heavy atom. The van der Waals surface area contributed by atoms with Crippen LogP contribution in [-0.2, 0) is 9.59 Å². The Balaban J connectivity index is 1.97. The zero-order valence-electron chi connectivity index (χ0n) is 14.2. The van der Waals surface area contributed by atoms with E-state index >= 15 is 0 Å². The summed E-state index contributed by atoms with van der Waals surface area (Å²) in [6.45, 7) is 5.32. The summed E-state index contributed by atoms with van der Waals surface area (Å²) < 4.78 is 5.38. The minimum atomic E-state index is -0.860. The third-order valence-corrected chi connectivity index (χ3v) is 4.21. The van der Waals surface area contributed by atoms with E-state index in [4.69, 9.17) is 4.74 Å². The molecule has 5 heteroatoms. The molecule has 1 N–H and O–H groups in total. The fourth-order valence-electron chi connectivity index (χ4n) is 2.58. The molecule has 1 saturated carbocycles. The Kier molecular flexibility index (Phi) is 5.64. The van der Waals surface area contributed by atoms with Gasteiger partial charge in [0.05, 0.1) is 6.61 Å². The summed E-state index contributed by atoms with van der Waals surface area (Å²) in [5.41, 5.74) is -0.171. The molecule has 126 valence electrons. The van der Waals surface area contributed by atoms with Gasteiger partial charge in [-0.2, -0.15) is 0 Å². The van der Waals surface area contributed by atoms with Crippen LogP contribution in [0.2, 0.25) is 0 Å². The van der Waals surface area contributed by atoms with E-state index in [2.05, 4.69) is 12.2 Å². The molecular formula is C18H26N2O3. The first-order chi connectivity index (χ1) is 11.0. The number of amides is 2. The lowest BCUT2D eigenvalue weighted by Gasteiger charge is -2.23. The summed E-state index contributed by atoms with van der Waals surface area (Å²) in [4.78, 5) is 26.8. The monoisotopic (exact) mass is 318 g/mol. The summed E-state index contributed by atoms with van der Waals surface area (Å²) in [5.74, 6) is 0.506. The van der Waals surface area contributed by atoms with Gasteiger partial charge in [0.25, 0.3) is 0 Å².